The first-order valence-corrected chi connectivity index (χ1v) is 4.72. The van der Waals surface area contributed by atoms with E-state index in [9.17, 15) is 9.59 Å². The van der Waals surface area contributed by atoms with Gasteiger partial charge in [-0.2, -0.15) is 4.89 Å². The molecule has 0 aliphatic carbocycles. The Morgan fingerprint density at radius 3 is 2.53 bits per heavy atom. The molecule has 0 bridgehead atoms. The van der Waals surface area contributed by atoms with Gasteiger partial charge in [-0.3, -0.25) is 14.8 Å². The van der Waals surface area contributed by atoms with E-state index in [4.69, 9.17) is 15.5 Å². The average Bonchev–Trinajstić information content (AvgIpc) is 2.25. The highest BCUT2D eigenvalue weighted by atomic mass is 17.2. The minimum Gasteiger partial charge on any atom is -0.481 e. The van der Waals surface area contributed by atoms with Gasteiger partial charge in [0, 0.05) is 0 Å². The van der Waals surface area contributed by atoms with Gasteiger partial charge in [0.15, 0.2) is 0 Å². The third-order valence-corrected chi connectivity index (χ3v) is 1.64. The van der Waals surface area contributed by atoms with Gasteiger partial charge in [0.2, 0.25) is 0 Å². The van der Waals surface area contributed by atoms with Crippen LogP contribution in [0.5, 0.6) is 0 Å². The molecule has 0 saturated carbocycles. The average molecular weight is 250 g/mol. The quantitative estimate of drug-likeness (QED) is 0.222. The lowest BCUT2D eigenvalue weighted by Gasteiger charge is -2.08. The molecule has 0 rings (SSSR count). The van der Waals surface area contributed by atoms with E-state index in [0.29, 0.717) is 6.42 Å². The maximum Gasteiger partial charge on any atom is 0.309 e. The van der Waals surface area contributed by atoms with Crippen LogP contribution in [0.4, 0.5) is 0 Å². The molecule has 0 amide bonds. The summed E-state index contributed by atoms with van der Waals surface area (Å²) in [5, 5.41) is 25.0. The molecule has 0 aromatic rings. The molecule has 98 valence electrons. The summed E-state index contributed by atoms with van der Waals surface area (Å²) >= 11 is 0. The Hall–Kier alpha value is -1.64. The maximum absolute atomic E-state index is 10.6. The summed E-state index contributed by atoms with van der Waals surface area (Å²) < 4.78 is 0. The molecular formula is C9H14O8. The fraction of sp³-hybridized carbons (Fsp3) is 0.556. The van der Waals surface area contributed by atoms with Crippen LogP contribution in [0.3, 0.4) is 0 Å². The van der Waals surface area contributed by atoms with Gasteiger partial charge >= 0.3 is 11.9 Å². The SMILES string of the molecule is O=C(O)CC(COO/C=C/CCOO)C(=O)O. The Balaban J connectivity index is 3.71. The van der Waals surface area contributed by atoms with Crippen molar-refractivity contribution in [1.82, 2.24) is 0 Å². The summed E-state index contributed by atoms with van der Waals surface area (Å²) in [5.74, 6) is -3.66. The molecule has 1 atom stereocenters. The Morgan fingerprint density at radius 2 is 2.00 bits per heavy atom. The lowest BCUT2D eigenvalue weighted by atomic mass is 10.1. The molecule has 0 heterocycles. The second kappa shape index (κ2) is 9.58. The van der Waals surface area contributed by atoms with E-state index >= 15 is 0 Å². The maximum atomic E-state index is 10.6. The van der Waals surface area contributed by atoms with E-state index in [1.165, 1.54) is 6.08 Å². The first-order chi connectivity index (χ1) is 8.07. The van der Waals surface area contributed by atoms with E-state index in [1.54, 1.807) is 0 Å². The number of hydrogen-bond acceptors (Lipinski definition) is 6. The zero-order chi connectivity index (χ0) is 13.1. The van der Waals surface area contributed by atoms with Crippen molar-refractivity contribution in [1.29, 1.82) is 0 Å². The van der Waals surface area contributed by atoms with Gasteiger partial charge in [-0.15, -0.1) is 0 Å². The molecule has 0 aromatic heterocycles. The number of carboxylic acids is 2. The van der Waals surface area contributed by atoms with E-state index in [0.717, 1.165) is 6.26 Å². The fourth-order valence-corrected chi connectivity index (χ4v) is 0.817. The molecule has 3 N–H and O–H groups in total. The van der Waals surface area contributed by atoms with Crippen LogP contribution in [0, 0.1) is 5.92 Å². The summed E-state index contributed by atoms with van der Waals surface area (Å²) in [6, 6.07) is 0. The van der Waals surface area contributed by atoms with E-state index in [2.05, 4.69) is 14.7 Å². The summed E-state index contributed by atoms with van der Waals surface area (Å²) in [4.78, 5) is 33.6. The zero-order valence-corrected chi connectivity index (χ0v) is 8.94. The van der Waals surface area contributed by atoms with Gasteiger partial charge in [-0.25, -0.2) is 4.89 Å². The van der Waals surface area contributed by atoms with Crippen LogP contribution >= 0.6 is 0 Å². The third-order valence-electron chi connectivity index (χ3n) is 1.64. The summed E-state index contributed by atoms with van der Waals surface area (Å²) in [6.07, 6.45) is 2.46. The summed E-state index contributed by atoms with van der Waals surface area (Å²) in [5.41, 5.74) is 0. The Morgan fingerprint density at radius 1 is 1.29 bits per heavy atom. The lowest BCUT2D eigenvalue weighted by Crippen LogP contribution is -2.22. The topological polar surface area (TPSA) is 123 Å². The zero-order valence-electron chi connectivity index (χ0n) is 8.94. The molecule has 0 fully saturated rings. The van der Waals surface area contributed by atoms with Gasteiger partial charge in [-0.05, 0) is 12.5 Å². The van der Waals surface area contributed by atoms with Gasteiger partial charge in [0.1, 0.15) is 12.9 Å². The van der Waals surface area contributed by atoms with Crippen LogP contribution in [0.15, 0.2) is 12.3 Å². The molecule has 0 spiro atoms. The van der Waals surface area contributed by atoms with Crippen LogP contribution < -0.4 is 0 Å². The van der Waals surface area contributed by atoms with Crippen molar-refractivity contribution in [2.75, 3.05) is 13.2 Å². The number of hydrogen-bond donors (Lipinski definition) is 3. The number of carboxylic acid groups (broad SMARTS) is 2. The molecule has 0 saturated heterocycles. The molecule has 0 aliphatic heterocycles. The van der Waals surface area contributed by atoms with Crippen molar-refractivity contribution in [2.24, 2.45) is 5.92 Å². The van der Waals surface area contributed by atoms with Gasteiger partial charge < -0.3 is 15.1 Å². The molecule has 17 heavy (non-hydrogen) atoms. The van der Waals surface area contributed by atoms with Gasteiger partial charge in [0.05, 0.1) is 18.9 Å². The van der Waals surface area contributed by atoms with Crippen LogP contribution in [0.25, 0.3) is 0 Å². The van der Waals surface area contributed by atoms with Crippen molar-refractivity contribution in [3.05, 3.63) is 12.3 Å². The van der Waals surface area contributed by atoms with E-state index in [-0.39, 0.29) is 13.2 Å². The molecule has 0 radical (unpaired) electrons. The van der Waals surface area contributed by atoms with Crippen LogP contribution in [0.2, 0.25) is 0 Å². The Kier molecular flexibility index (Phi) is 8.65. The van der Waals surface area contributed by atoms with E-state index < -0.39 is 24.3 Å². The molecule has 8 nitrogen and oxygen atoms in total. The second-order valence-electron chi connectivity index (χ2n) is 3.01. The highest BCUT2D eigenvalue weighted by Crippen LogP contribution is 2.04. The monoisotopic (exact) mass is 250 g/mol. The second-order valence-corrected chi connectivity index (χ2v) is 3.01. The Labute approximate surface area is 96.9 Å². The summed E-state index contributed by atoms with van der Waals surface area (Å²) in [6.45, 7) is -0.279. The molecule has 1 unspecified atom stereocenters. The van der Waals surface area contributed by atoms with Crippen molar-refractivity contribution in [3.8, 4) is 0 Å². The molecule has 0 aromatic carbocycles. The smallest absolute Gasteiger partial charge is 0.309 e. The van der Waals surface area contributed by atoms with Crippen molar-refractivity contribution < 1.29 is 39.7 Å². The molecule has 8 heteroatoms. The predicted molar refractivity (Wildman–Crippen MR) is 52.8 cm³/mol. The highest BCUT2D eigenvalue weighted by molar-refractivity contribution is 5.77. The van der Waals surface area contributed by atoms with E-state index in [1.807, 2.05) is 0 Å². The number of carbonyl (C=O) groups is 2. The normalized spacial score (nSPS) is 12.5. The lowest BCUT2D eigenvalue weighted by molar-refractivity contribution is -0.258. The minimum atomic E-state index is -1.27. The predicted octanol–water partition coefficient (Wildman–Crippen LogP) is 0.503. The number of rotatable bonds is 10. The van der Waals surface area contributed by atoms with Gasteiger partial charge in [-0.1, -0.05) is 0 Å². The molecule has 0 aliphatic rings. The largest absolute Gasteiger partial charge is 0.481 e. The van der Waals surface area contributed by atoms with Crippen molar-refractivity contribution in [3.63, 3.8) is 0 Å². The standard InChI is InChI=1S/C9H14O8/c10-8(11)5-7(9(12)13)6-17-16-4-2-1-3-15-14/h2,4,7,14H,1,3,5-6H2,(H,10,11)(H,12,13)/b4-2+. The number of aliphatic carboxylic acids is 2. The Bertz CT molecular complexity index is 262. The third kappa shape index (κ3) is 9.30. The van der Waals surface area contributed by atoms with Crippen LogP contribution in [-0.4, -0.2) is 40.6 Å². The molecular weight excluding hydrogens is 236 g/mol. The van der Waals surface area contributed by atoms with Crippen molar-refractivity contribution in [2.45, 2.75) is 12.8 Å². The van der Waals surface area contributed by atoms with Gasteiger partial charge in [0.25, 0.3) is 0 Å². The highest BCUT2D eigenvalue weighted by Gasteiger charge is 2.21. The van der Waals surface area contributed by atoms with Crippen LogP contribution in [0.1, 0.15) is 12.8 Å². The summed E-state index contributed by atoms with van der Waals surface area (Å²) in [7, 11) is 0. The first-order valence-electron chi connectivity index (χ1n) is 4.72. The first kappa shape index (κ1) is 15.4. The minimum absolute atomic E-state index is 0.0939. The van der Waals surface area contributed by atoms with Crippen molar-refractivity contribution >= 4 is 11.9 Å². The fourth-order valence-electron chi connectivity index (χ4n) is 0.817. The van der Waals surface area contributed by atoms with Crippen LogP contribution in [-0.2, 0) is 24.3 Å².